The Hall–Kier alpha value is -1.59. The van der Waals surface area contributed by atoms with Crippen molar-refractivity contribution in [1.82, 2.24) is 0 Å². The first-order chi connectivity index (χ1) is 11.5. The molecule has 0 spiro atoms. The van der Waals surface area contributed by atoms with Crippen molar-refractivity contribution in [2.24, 2.45) is 5.73 Å². The van der Waals surface area contributed by atoms with Crippen LogP contribution in [0.15, 0.2) is 41.1 Å². The van der Waals surface area contributed by atoms with Crippen LogP contribution in [-0.4, -0.2) is 53.2 Å². The molecule has 0 unspecified atom stereocenters. The van der Waals surface area contributed by atoms with Gasteiger partial charge in [0.2, 0.25) is 0 Å². The van der Waals surface area contributed by atoms with E-state index in [9.17, 15) is 30.0 Å². The third kappa shape index (κ3) is 3.82. The molecule has 0 amide bonds. The van der Waals surface area contributed by atoms with Crippen molar-refractivity contribution in [2.75, 3.05) is 36.0 Å². The number of anilines is 1. The highest BCUT2D eigenvalue weighted by Gasteiger charge is 2.51. The van der Waals surface area contributed by atoms with Gasteiger partial charge in [-0.2, -0.15) is 8.78 Å². The predicted octanol–water partition coefficient (Wildman–Crippen LogP) is 1.10. The normalized spacial score (nSPS) is 19.0. The van der Waals surface area contributed by atoms with Gasteiger partial charge in [-0.15, -0.1) is 0 Å². The lowest BCUT2D eigenvalue weighted by molar-refractivity contribution is 0.105. The van der Waals surface area contributed by atoms with Crippen LogP contribution >= 0.6 is 0 Å². The number of hydrogen-bond acceptors (Lipinski definition) is 6. The number of halogens is 3. The number of para-hydroxylation sites is 1. The molecular weight excluding hydrogens is 381 g/mol. The second-order valence-electron chi connectivity index (χ2n) is 5.41. The van der Waals surface area contributed by atoms with E-state index >= 15 is 0 Å². The highest BCUT2D eigenvalue weighted by molar-refractivity contribution is 7.93. The van der Waals surface area contributed by atoms with Gasteiger partial charge in [-0.05, 0) is 18.2 Å². The fraction of sp³-hybridized carbons (Fsp3) is 0.429. The van der Waals surface area contributed by atoms with Crippen molar-refractivity contribution in [1.29, 1.82) is 0 Å². The molecule has 1 aliphatic rings. The Morgan fingerprint density at radius 3 is 2.36 bits per heavy atom. The Morgan fingerprint density at radius 2 is 1.80 bits per heavy atom. The minimum atomic E-state index is -5.39. The number of nitrogens with zero attached hydrogens (tertiary/aromatic N) is 1. The minimum absolute atomic E-state index is 0.0401. The van der Waals surface area contributed by atoms with Crippen molar-refractivity contribution in [3.8, 4) is 0 Å². The van der Waals surface area contributed by atoms with Crippen molar-refractivity contribution >= 4 is 25.4 Å². The smallest absolute Gasteiger partial charge is 0.368 e. The van der Waals surface area contributed by atoms with E-state index in [4.69, 9.17) is 5.73 Å². The number of hydrogen-bond donors (Lipinski definition) is 1. The van der Waals surface area contributed by atoms with E-state index in [-0.39, 0.29) is 30.3 Å². The number of rotatable bonds is 5. The third-order valence-corrected chi connectivity index (χ3v) is 7.16. The molecule has 1 saturated heterocycles. The highest BCUT2D eigenvalue weighted by atomic mass is 32.2. The Kier molecular flexibility index (Phi) is 5.50. The largest absolute Gasteiger partial charge is 0.400 e. The van der Waals surface area contributed by atoms with Crippen molar-refractivity contribution in [3.63, 3.8) is 0 Å². The van der Waals surface area contributed by atoms with E-state index in [1.165, 1.54) is 23.1 Å². The lowest BCUT2D eigenvalue weighted by Crippen LogP contribution is -2.41. The maximum Gasteiger partial charge on any atom is 0.400 e. The quantitative estimate of drug-likeness (QED) is 0.798. The molecule has 11 heteroatoms. The van der Waals surface area contributed by atoms with Gasteiger partial charge < -0.3 is 10.6 Å². The van der Waals surface area contributed by atoms with E-state index in [1.54, 1.807) is 0 Å². The zero-order chi connectivity index (χ0) is 18.9. The summed E-state index contributed by atoms with van der Waals surface area (Å²) in [6.07, 6.45) is 0.299. The summed E-state index contributed by atoms with van der Waals surface area (Å²) in [6, 6.07) is 4.89. The summed E-state index contributed by atoms with van der Waals surface area (Å²) in [4.78, 5) is 0.619. The molecule has 1 aromatic rings. The summed E-state index contributed by atoms with van der Waals surface area (Å²) < 4.78 is 89.6. The minimum Gasteiger partial charge on any atom is -0.368 e. The van der Waals surface area contributed by atoms with Crippen LogP contribution < -0.4 is 10.6 Å². The third-order valence-electron chi connectivity index (χ3n) is 3.75. The van der Waals surface area contributed by atoms with Crippen LogP contribution in [0.3, 0.4) is 0 Å². The summed E-state index contributed by atoms with van der Waals surface area (Å²) in [5.74, 6) is -2.59. The molecule has 1 aliphatic heterocycles. The van der Waals surface area contributed by atoms with Gasteiger partial charge in [-0.3, -0.25) is 0 Å². The number of alkyl halides is 2. The molecule has 2 N–H and O–H groups in total. The van der Waals surface area contributed by atoms with Gasteiger partial charge in [0.15, 0.2) is 15.7 Å². The van der Waals surface area contributed by atoms with Crippen LogP contribution in [0.4, 0.5) is 18.9 Å². The SMILES string of the molecule is NC/C=C(\F)C(F)(F)S(=O)(=O)c1ccccc1N1CCS(=O)(=O)CC1. The molecule has 0 aromatic heterocycles. The summed E-state index contributed by atoms with van der Waals surface area (Å²) in [5.41, 5.74) is 4.89. The molecule has 25 heavy (non-hydrogen) atoms. The molecule has 0 aliphatic carbocycles. The number of nitrogens with two attached hydrogens (primary N) is 1. The first kappa shape index (κ1) is 19.7. The maximum absolute atomic E-state index is 14.1. The summed E-state index contributed by atoms with van der Waals surface area (Å²) in [5, 5.41) is -4.77. The Bertz CT molecular complexity index is 869. The van der Waals surface area contributed by atoms with Crippen molar-refractivity contribution < 1.29 is 30.0 Å². The first-order valence-corrected chi connectivity index (χ1v) is 10.6. The Balaban J connectivity index is 2.49. The zero-order valence-corrected chi connectivity index (χ0v) is 14.7. The fourth-order valence-corrected chi connectivity index (χ4v) is 4.94. The van der Waals surface area contributed by atoms with E-state index in [0.29, 0.717) is 6.08 Å². The molecule has 1 aromatic carbocycles. The number of benzene rings is 1. The van der Waals surface area contributed by atoms with Crippen LogP contribution in [0.1, 0.15) is 0 Å². The van der Waals surface area contributed by atoms with Gasteiger partial charge in [0.05, 0.1) is 22.1 Å². The van der Waals surface area contributed by atoms with E-state index in [1.807, 2.05) is 0 Å². The van der Waals surface area contributed by atoms with Gasteiger partial charge in [0.25, 0.3) is 9.84 Å². The lowest BCUT2D eigenvalue weighted by Gasteiger charge is -2.30. The molecule has 6 nitrogen and oxygen atoms in total. The summed E-state index contributed by atoms with van der Waals surface area (Å²) in [6.45, 7) is -0.661. The number of sulfone groups is 2. The lowest BCUT2D eigenvalue weighted by atomic mass is 10.3. The van der Waals surface area contributed by atoms with E-state index < -0.39 is 42.2 Å². The average molecular weight is 398 g/mol. The average Bonchev–Trinajstić information content (AvgIpc) is 2.55. The highest BCUT2D eigenvalue weighted by Crippen LogP contribution is 2.40. The van der Waals surface area contributed by atoms with Crippen molar-refractivity contribution in [2.45, 2.75) is 10.2 Å². The second-order valence-corrected chi connectivity index (χ2v) is 9.68. The fourth-order valence-electron chi connectivity index (χ4n) is 2.39. The van der Waals surface area contributed by atoms with Crippen LogP contribution in [0.25, 0.3) is 0 Å². The van der Waals surface area contributed by atoms with Gasteiger partial charge in [-0.1, -0.05) is 12.1 Å². The van der Waals surface area contributed by atoms with Gasteiger partial charge in [0, 0.05) is 19.6 Å². The van der Waals surface area contributed by atoms with Crippen molar-refractivity contribution in [3.05, 3.63) is 36.2 Å². The predicted molar refractivity (Wildman–Crippen MR) is 87.7 cm³/mol. The second kappa shape index (κ2) is 6.96. The van der Waals surface area contributed by atoms with Gasteiger partial charge in [0.1, 0.15) is 0 Å². The topological polar surface area (TPSA) is 97.5 Å². The molecule has 0 saturated carbocycles. The Morgan fingerprint density at radius 1 is 1.24 bits per heavy atom. The van der Waals surface area contributed by atoms with Crippen LogP contribution in [-0.2, 0) is 19.7 Å². The van der Waals surface area contributed by atoms with E-state index in [2.05, 4.69) is 0 Å². The standard InChI is InChI=1S/C14H17F3N2O4S2/c15-13(5-6-18)14(16,17)25(22,23)12-4-2-1-3-11(12)19-7-9-24(20,21)10-8-19/h1-5H,6-10,18H2/b13-5-. The van der Waals surface area contributed by atoms with Gasteiger partial charge in [-0.25, -0.2) is 21.2 Å². The van der Waals surface area contributed by atoms with E-state index in [0.717, 1.165) is 6.07 Å². The molecule has 1 fully saturated rings. The van der Waals surface area contributed by atoms with Crippen LogP contribution in [0.2, 0.25) is 0 Å². The first-order valence-electron chi connectivity index (χ1n) is 7.26. The monoisotopic (exact) mass is 398 g/mol. The Labute approximate surface area is 144 Å². The zero-order valence-electron chi connectivity index (χ0n) is 13.0. The maximum atomic E-state index is 14.1. The molecule has 0 bridgehead atoms. The summed E-state index contributed by atoms with van der Waals surface area (Å²) in [7, 11) is -8.64. The molecule has 1 heterocycles. The van der Waals surface area contributed by atoms with Crippen LogP contribution in [0.5, 0.6) is 0 Å². The van der Waals surface area contributed by atoms with Gasteiger partial charge >= 0.3 is 5.25 Å². The molecular formula is C14H17F3N2O4S2. The molecule has 0 atom stereocenters. The summed E-state index contributed by atoms with van der Waals surface area (Å²) >= 11 is 0. The molecule has 140 valence electrons. The molecule has 0 radical (unpaired) electrons. The van der Waals surface area contributed by atoms with Crippen LogP contribution in [0, 0.1) is 0 Å². The molecule has 2 rings (SSSR count).